The van der Waals surface area contributed by atoms with Crippen molar-refractivity contribution in [1.82, 2.24) is 0 Å². The smallest absolute Gasteiger partial charge is 0.308 e. The molecule has 0 saturated carbocycles. The predicted octanol–water partition coefficient (Wildman–Crippen LogP) is 3.54. The number of cyclic esters (lactones) is 2. The molecule has 0 bridgehead atoms. The van der Waals surface area contributed by atoms with E-state index in [2.05, 4.69) is 0 Å². The van der Waals surface area contributed by atoms with Crippen molar-refractivity contribution in [3.05, 3.63) is 0 Å². The van der Waals surface area contributed by atoms with Gasteiger partial charge in [0.05, 0.1) is 25.0 Å². The van der Waals surface area contributed by atoms with Gasteiger partial charge >= 0.3 is 11.9 Å². The fourth-order valence-corrected chi connectivity index (χ4v) is 3.82. The lowest BCUT2D eigenvalue weighted by Gasteiger charge is -2.20. The molecule has 2 unspecified atom stereocenters. The second-order valence-electron chi connectivity index (χ2n) is 7.73. The van der Waals surface area contributed by atoms with E-state index in [4.69, 9.17) is 9.47 Å². The molecule has 6 heteroatoms. The summed E-state index contributed by atoms with van der Waals surface area (Å²) in [5.74, 6) is -0.0143. The highest BCUT2D eigenvalue weighted by Gasteiger charge is 2.24. The van der Waals surface area contributed by atoms with E-state index in [1.807, 2.05) is 0 Å². The second-order valence-corrected chi connectivity index (χ2v) is 7.73. The quantitative estimate of drug-likeness (QED) is 0.481. The Hall–Kier alpha value is -1.72. The van der Waals surface area contributed by atoms with Crippen LogP contribution in [0.1, 0.15) is 83.5 Å². The van der Waals surface area contributed by atoms with E-state index in [0.717, 1.165) is 25.7 Å². The van der Waals surface area contributed by atoms with E-state index in [1.165, 1.54) is 0 Å². The van der Waals surface area contributed by atoms with Crippen LogP contribution in [0, 0.1) is 11.8 Å². The van der Waals surface area contributed by atoms with Crippen molar-refractivity contribution >= 4 is 23.5 Å². The van der Waals surface area contributed by atoms with Crippen molar-refractivity contribution in [2.45, 2.75) is 83.5 Å². The molecular formula is C21H32O6. The SMILES string of the molecule is O=C(CCCC(=O)CCCC1CCCOC1=O)CCCC1CCCOC1=O. The third-order valence-corrected chi connectivity index (χ3v) is 5.48. The van der Waals surface area contributed by atoms with E-state index in [9.17, 15) is 19.2 Å². The van der Waals surface area contributed by atoms with Crippen molar-refractivity contribution in [3.8, 4) is 0 Å². The average molecular weight is 380 g/mol. The van der Waals surface area contributed by atoms with Gasteiger partial charge in [-0.3, -0.25) is 19.2 Å². The first kappa shape index (κ1) is 21.6. The molecule has 0 amide bonds. The molecule has 0 aromatic heterocycles. The van der Waals surface area contributed by atoms with Crippen molar-refractivity contribution in [1.29, 1.82) is 0 Å². The lowest BCUT2D eigenvalue weighted by Crippen LogP contribution is -2.24. The fraction of sp³-hybridized carbons (Fsp3) is 0.810. The number of carbonyl (C=O) groups is 4. The van der Waals surface area contributed by atoms with Gasteiger partial charge in [-0.2, -0.15) is 0 Å². The van der Waals surface area contributed by atoms with E-state index < -0.39 is 0 Å². The van der Waals surface area contributed by atoms with Crippen LogP contribution in [0.4, 0.5) is 0 Å². The molecule has 27 heavy (non-hydrogen) atoms. The van der Waals surface area contributed by atoms with Crippen LogP contribution in [0.5, 0.6) is 0 Å². The van der Waals surface area contributed by atoms with Crippen LogP contribution < -0.4 is 0 Å². The molecule has 0 aliphatic carbocycles. The standard InChI is InChI=1S/C21H32O6/c22-18(10-1-6-16-8-4-14-26-20(16)24)12-3-13-19(23)11-2-7-17-9-5-15-27-21(17)25/h16-17H,1-15H2. The van der Waals surface area contributed by atoms with E-state index in [0.29, 0.717) is 71.0 Å². The maximum absolute atomic E-state index is 11.9. The van der Waals surface area contributed by atoms with Crippen molar-refractivity contribution < 1.29 is 28.7 Å². The summed E-state index contributed by atoms with van der Waals surface area (Å²) in [6.07, 6.45) is 8.79. The number of Topliss-reactive ketones (excluding diaryl/α,β-unsaturated/α-hetero) is 2. The normalized spacial score (nSPS) is 22.8. The maximum atomic E-state index is 11.9. The number of rotatable bonds is 12. The summed E-state index contributed by atoms with van der Waals surface area (Å²) in [6, 6.07) is 0. The third kappa shape index (κ3) is 8.22. The molecule has 2 aliphatic rings. The molecule has 6 nitrogen and oxygen atoms in total. The minimum Gasteiger partial charge on any atom is -0.465 e. The molecule has 0 N–H and O–H groups in total. The topological polar surface area (TPSA) is 86.7 Å². The van der Waals surface area contributed by atoms with Crippen LogP contribution >= 0.6 is 0 Å². The van der Waals surface area contributed by atoms with E-state index >= 15 is 0 Å². The van der Waals surface area contributed by atoms with Gasteiger partial charge in [-0.15, -0.1) is 0 Å². The van der Waals surface area contributed by atoms with E-state index in [-0.39, 0.29) is 35.3 Å². The summed E-state index contributed by atoms with van der Waals surface area (Å²) in [6.45, 7) is 1.04. The first-order valence-electron chi connectivity index (χ1n) is 10.4. The van der Waals surface area contributed by atoms with Crippen LogP contribution in [-0.4, -0.2) is 36.7 Å². The molecule has 0 spiro atoms. The van der Waals surface area contributed by atoms with Gasteiger partial charge in [-0.25, -0.2) is 0 Å². The summed E-state index contributed by atoms with van der Waals surface area (Å²) in [5, 5.41) is 0. The van der Waals surface area contributed by atoms with Crippen LogP contribution in [0.3, 0.4) is 0 Å². The summed E-state index contributed by atoms with van der Waals surface area (Å²) in [7, 11) is 0. The van der Waals surface area contributed by atoms with Crippen LogP contribution in [-0.2, 0) is 28.7 Å². The van der Waals surface area contributed by atoms with Gasteiger partial charge in [0.25, 0.3) is 0 Å². The molecule has 2 aliphatic heterocycles. The molecule has 2 fully saturated rings. The van der Waals surface area contributed by atoms with Gasteiger partial charge < -0.3 is 9.47 Å². The number of ketones is 2. The van der Waals surface area contributed by atoms with Crippen LogP contribution in [0.2, 0.25) is 0 Å². The van der Waals surface area contributed by atoms with Crippen molar-refractivity contribution in [2.24, 2.45) is 11.8 Å². The third-order valence-electron chi connectivity index (χ3n) is 5.48. The van der Waals surface area contributed by atoms with Crippen LogP contribution in [0.15, 0.2) is 0 Å². The Balaban J connectivity index is 1.47. The average Bonchev–Trinajstić information content (AvgIpc) is 2.65. The highest BCUT2D eigenvalue weighted by molar-refractivity contribution is 5.81. The fourth-order valence-electron chi connectivity index (χ4n) is 3.82. The zero-order valence-corrected chi connectivity index (χ0v) is 16.2. The molecule has 2 saturated heterocycles. The summed E-state index contributed by atoms with van der Waals surface area (Å²) < 4.78 is 10.1. The number of carbonyl (C=O) groups excluding carboxylic acids is 4. The largest absolute Gasteiger partial charge is 0.465 e. The number of esters is 2. The Morgan fingerprint density at radius 3 is 1.52 bits per heavy atom. The Kier molecular flexibility index (Phi) is 9.50. The number of hydrogen-bond donors (Lipinski definition) is 0. The minimum atomic E-state index is -0.124. The van der Waals surface area contributed by atoms with Gasteiger partial charge in [0.1, 0.15) is 11.6 Å². The summed E-state index contributed by atoms with van der Waals surface area (Å²) in [4.78, 5) is 47.0. The molecular weight excluding hydrogens is 348 g/mol. The Morgan fingerprint density at radius 2 is 1.11 bits per heavy atom. The first-order valence-corrected chi connectivity index (χ1v) is 10.4. The van der Waals surface area contributed by atoms with Gasteiger partial charge in [-0.1, -0.05) is 0 Å². The lowest BCUT2D eigenvalue weighted by molar-refractivity contribution is -0.154. The minimum absolute atomic E-state index is 0.0467. The maximum Gasteiger partial charge on any atom is 0.308 e. The Bertz CT molecular complexity index is 481. The molecule has 2 atom stereocenters. The van der Waals surface area contributed by atoms with Gasteiger partial charge in [0.2, 0.25) is 0 Å². The second kappa shape index (κ2) is 11.9. The molecule has 2 rings (SSSR count). The zero-order valence-electron chi connectivity index (χ0n) is 16.2. The molecule has 2 heterocycles. The molecule has 152 valence electrons. The Labute approximate surface area is 161 Å². The lowest BCUT2D eigenvalue weighted by atomic mass is 9.93. The molecule has 0 aromatic rings. The highest BCUT2D eigenvalue weighted by atomic mass is 16.5. The highest BCUT2D eigenvalue weighted by Crippen LogP contribution is 2.22. The van der Waals surface area contributed by atoms with Gasteiger partial charge in [0.15, 0.2) is 0 Å². The Morgan fingerprint density at radius 1 is 0.704 bits per heavy atom. The number of hydrogen-bond acceptors (Lipinski definition) is 6. The van der Waals surface area contributed by atoms with Gasteiger partial charge in [0, 0.05) is 25.7 Å². The number of ether oxygens (including phenoxy) is 2. The summed E-state index contributed by atoms with van der Waals surface area (Å²) in [5.41, 5.74) is 0. The zero-order chi connectivity index (χ0) is 19.5. The van der Waals surface area contributed by atoms with Gasteiger partial charge in [-0.05, 0) is 57.8 Å². The first-order chi connectivity index (χ1) is 13.1. The molecule has 0 aromatic carbocycles. The predicted molar refractivity (Wildman–Crippen MR) is 98.9 cm³/mol. The van der Waals surface area contributed by atoms with Crippen LogP contribution in [0.25, 0.3) is 0 Å². The van der Waals surface area contributed by atoms with E-state index in [1.54, 1.807) is 0 Å². The molecule has 0 radical (unpaired) electrons. The summed E-state index contributed by atoms with van der Waals surface area (Å²) >= 11 is 0. The monoisotopic (exact) mass is 380 g/mol. The van der Waals surface area contributed by atoms with Crippen molar-refractivity contribution in [3.63, 3.8) is 0 Å². The van der Waals surface area contributed by atoms with Crippen molar-refractivity contribution in [2.75, 3.05) is 13.2 Å².